The van der Waals surface area contributed by atoms with Gasteiger partial charge in [0, 0.05) is 22.8 Å². The van der Waals surface area contributed by atoms with E-state index in [0.29, 0.717) is 25.2 Å². The summed E-state index contributed by atoms with van der Waals surface area (Å²) in [5.74, 6) is -1.05. The average molecular weight is 364 g/mol. The van der Waals surface area contributed by atoms with Crippen LogP contribution in [0.4, 0.5) is 5.69 Å². The van der Waals surface area contributed by atoms with E-state index in [0.717, 1.165) is 28.3 Å². The number of fused-ring (bicyclic) bond motifs is 1. The van der Waals surface area contributed by atoms with Crippen LogP contribution in [0.2, 0.25) is 0 Å². The second kappa shape index (κ2) is 7.38. The van der Waals surface area contributed by atoms with Crippen molar-refractivity contribution in [3.63, 3.8) is 0 Å². The average Bonchev–Trinajstić information content (AvgIpc) is 2.73. The summed E-state index contributed by atoms with van der Waals surface area (Å²) in [5.41, 5.74) is 2.67. The fraction of sp³-hybridized carbons (Fsp3) is 0.273. The first-order chi connectivity index (χ1) is 13.2. The molecule has 0 aromatic heterocycles. The van der Waals surface area contributed by atoms with Crippen LogP contribution in [-0.4, -0.2) is 13.2 Å². The van der Waals surface area contributed by atoms with Gasteiger partial charge in [-0.05, 0) is 35.7 Å². The fourth-order valence-electron chi connectivity index (χ4n) is 3.81. The Morgan fingerprint density at radius 1 is 0.963 bits per heavy atom. The highest BCUT2D eigenvalue weighted by Gasteiger charge is 2.40. The third-order valence-corrected chi connectivity index (χ3v) is 5.13. The minimum Gasteiger partial charge on any atom is -0.628 e. The number of ether oxygens (including phenoxy) is 2. The first-order valence-corrected chi connectivity index (χ1v) is 9.26. The summed E-state index contributed by atoms with van der Waals surface area (Å²) in [5, 5.41) is 23.8. The molecule has 0 aliphatic carbocycles. The van der Waals surface area contributed by atoms with Crippen LogP contribution >= 0.6 is 0 Å². The van der Waals surface area contributed by atoms with Gasteiger partial charge in [0.2, 0.25) is 5.79 Å². The van der Waals surface area contributed by atoms with E-state index >= 15 is 0 Å². The fourth-order valence-corrected chi connectivity index (χ4v) is 3.81. The quantitative estimate of drug-likeness (QED) is 0.719. The van der Waals surface area contributed by atoms with Crippen molar-refractivity contribution >= 4 is 16.5 Å². The summed E-state index contributed by atoms with van der Waals surface area (Å²) in [6.45, 7) is 3.08. The summed E-state index contributed by atoms with van der Waals surface area (Å²) < 4.78 is 12.5. The highest BCUT2D eigenvalue weighted by molar-refractivity contribution is 5.86. The molecular formula is C22H22NO4-. The van der Waals surface area contributed by atoms with Crippen LogP contribution in [0.3, 0.4) is 0 Å². The van der Waals surface area contributed by atoms with Crippen molar-refractivity contribution in [2.45, 2.75) is 25.6 Å². The third kappa shape index (κ3) is 3.14. The molecule has 0 amide bonds. The Balaban J connectivity index is 1.94. The van der Waals surface area contributed by atoms with E-state index in [9.17, 15) is 10.4 Å². The third-order valence-electron chi connectivity index (χ3n) is 5.13. The minimum atomic E-state index is -1.16. The van der Waals surface area contributed by atoms with Gasteiger partial charge in [-0.3, -0.25) is 0 Å². The first-order valence-electron chi connectivity index (χ1n) is 9.26. The highest BCUT2D eigenvalue weighted by atomic mass is 16.8. The predicted octanol–water partition coefficient (Wildman–Crippen LogP) is 3.55. The highest BCUT2D eigenvalue weighted by Crippen LogP contribution is 2.41. The lowest BCUT2D eigenvalue weighted by Gasteiger charge is -2.39. The molecule has 1 aliphatic heterocycles. The van der Waals surface area contributed by atoms with E-state index in [1.54, 1.807) is 12.1 Å². The van der Waals surface area contributed by atoms with E-state index in [1.165, 1.54) is 0 Å². The number of benzene rings is 3. The van der Waals surface area contributed by atoms with Crippen molar-refractivity contribution in [1.29, 1.82) is 0 Å². The zero-order chi connectivity index (χ0) is 18.9. The molecule has 0 bridgehead atoms. The van der Waals surface area contributed by atoms with Gasteiger partial charge in [0.05, 0.1) is 13.2 Å². The van der Waals surface area contributed by atoms with Gasteiger partial charge in [-0.15, -0.1) is 0 Å². The minimum absolute atomic E-state index is 0.213. The van der Waals surface area contributed by atoms with Crippen LogP contribution in [0.5, 0.6) is 0 Å². The van der Waals surface area contributed by atoms with Crippen molar-refractivity contribution in [1.82, 2.24) is 0 Å². The van der Waals surface area contributed by atoms with Crippen LogP contribution in [0.15, 0.2) is 60.7 Å². The van der Waals surface area contributed by atoms with E-state index in [2.05, 4.69) is 18.2 Å². The van der Waals surface area contributed by atoms with Gasteiger partial charge in [-0.1, -0.05) is 49.4 Å². The smallest absolute Gasteiger partial charge is 0.222 e. The van der Waals surface area contributed by atoms with Crippen molar-refractivity contribution in [2.75, 3.05) is 13.2 Å². The summed E-state index contributed by atoms with van der Waals surface area (Å²) in [6, 6.07) is 19.4. The maximum atomic E-state index is 11.4. The first kappa shape index (κ1) is 18.1. The molecule has 5 nitrogen and oxygen atoms in total. The molecule has 0 radical (unpaired) electrons. The topological polar surface area (TPSA) is 69.0 Å². The number of aryl methyl sites for hydroxylation is 1. The van der Waals surface area contributed by atoms with Gasteiger partial charge in [-0.25, -0.2) is 0 Å². The summed E-state index contributed by atoms with van der Waals surface area (Å²) in [6.07, 6.45) is 1.41. The van der Waals surface area contributed by atoms with Gasteiger partial charge in [-0.2, -0.15) is 0 Å². The van der Waals surface area contributed by atoms with E-state index in [4.69, 9.17) is 9.47 Å². The van der Waals surface area contributed by atoms with Crippen LogP contribution in [0, 0.1) is 10.4 Å². The maximum absolute atomic E-state index is 11.4. The molecule has 140 valence electrons. The lowest BCUT2D eigenvalue weighted by atomic mass is 9.90. The molecule has 4 rings (SSSR count). The molecule has 0 unspecified atom stereocenters. The molecule has 1 fully saturated rings. The molecule has 27 heavy (non-hydrogen) atoms. The molecule has 3 aromatic carbocycles. The Labute approximate surface area is 158 Å². The number of nitrogens with one attached hydrogen (secondary N) is 1. The number of quaternary nitrogens is 1. The summed E-state index contributed by atoms with van der Waals surface area (Å²) >= 11 is 0. The van der Waals surface area contributed by atoms with Crippen molar-refractivity contribution in [3.05, 3.63) is 87.8 Å². The van der Waals surface area contributed by atoms with Crippen LogP contribution in [0.25, 0.3) is 10.8 Å². The lowest BCUT2D eigenvalue weighted by Crippen LogP contribution is -2.96. The predicted molar refractivity (Wildman–Crippen MR) is 104 cm³/mol. The van der Waals surface area contributed by atoms with Crippen LogP contribution in [0.1, 0.15) is 30.0 Å². The van der Waals surface area contributed by atoms with Crippen LogP contribution < -0.4 is 5.23 Å². The van der Waals surface area contributed by atoms with Crippen molar-refractivity contribution in [3.8, 4) is 0 Å². The maximum Gasteiger partial charge on any atom is 0.222 e. The van der Waals surface area contributed by atoms with E-state index in [-0.39, 0.29) is 5.69 Å². The lowest BCUT2D eigenvalue weighted by molar-refractivity contribution is -0.715. The normalized spacial score (nSPS) is 16.7. The summed E-state index contributed by atoms with van der Waals surface area (Å²) in [7, 11) is 0. The molecule has 0 saturated carbocycles. The molecule has 1 heterocycles. The van der Waals surface area contributed by atoms with Gasteiger partial charge < -0.3 is 25.1 Å². The number of rotatable bonds is 4. The molecule has 5 heteroatoms. The largest absolute Gasteiger partial charge is 0.628 e. The van der Waals surface area contributed by atoms with Gasteiger partial charge >= 0.3 is 0 Å². The number of hydrogen-bond acceptors (Lipinski definition) is 4. The van der Waals surface area contributed by atoms with Gasteiger partial charge in [0.25, 0.3) is 0 Å². The van der Waals surface area contributed by atoms with E-state index in [1.807, 2.05) is 37.3 Å². The summed E-state index contributed by atoms with van der Waals surface area (Å²) in [4.78, 5) is 0. The Bertz CT molecular complexity index is 943. The monoisotopic (exact) mass is 364 g/mol. The van der Waals surface area contributed by atoms with Crippen LogP contribution in [-0.2, 0) is 21.7 Å². The van der Waals surface area contributed by atoms with Gasteiger partial charge in [0.15, 0.2) is 0 Å². The Kier molecular flexibility index (Phi) is 4.95. The molecule has 1 aliphatic rings. The second-order valence-electron chi connectivity index (χ2n) is 6.71. The SMILES string of the molecule is CCc1cc(C2(c3cccc4ccccc34)OCCCO2)ccc1[NH+]([O-])[O-]. The van der Waals surface area contributed by atoms with E-state index < -0.39 is 11.0 Å². The van der Waals surface area contributed by atoms with Gasteiger partial charge in [0.1, 0.15) is 5.69 Å². The second-order valence-corrected chi connectivity index (χ2v) is 6.71. The van der Waals surface area contributed by atoms with Crippen molar-refractivity contribution < 1.29 is 14.7 Å². The molecule has 3 aromatic rings. The zero-order valence-corrected chi connectivity index (χ0v) is 15.2. The zero-order valence-electron chi connectivity index (χ0n) is 15.2. The molecule has 0 atom stereocenters. The molecule has 0 spiro atoms. The Morgan fingerprint density at radius 3 is 2.44 bits per heavy atom. The molecule has 1 saturated heterocycles. The molecular weight excluding hydrogens is 342 g/mol. The Hall–Kier alpha value is -2.28. The Morgan fingerprint density at radius 2 is 1.70 bits per heavy atom. The number of hydrogen-bond donors (Lipinski definition) is 1. The molecule has 1 N–H and O–H groups in total. The standard InChI is InChI=1S/C22H22NO4/c1-2-16-15-18(11-12-21(16)23(24)25)22(26-13-6-14-27-22)20-10-5-8-17-7-3-4-9-19(17)20/h3-5,7-12,15,23H,2,6,13-14H2,1H3/q-1. The van der Waals surface area contributed by atoms with Crippen molar-refractivity contribution in [2.24, 2.45) is 0 Å².